The minimum Gasteiger partial charge on any atom is -0.480 e. The highest BCUT2D eigenvalue weighted by atomic mass is 35.5. The second-order valence-electron chi connectivity index (χ2n) is 3.57. The van der Waals surface area contributed by atoms with E-state index in [4.69, 9.17) is 16.3 Å². The molecule has 1 aromatic heterocycles. The van der Waals surface area contributed by atoms with Gasteiger partial charge in [-0.3, -0.25) is 0 Å². The summed E-state index contributed by atoms with van der Waals surface area (Å²) in [5.41, 5.74) is 0.330. The average molecular weight is 269 g/mol. The highest BCUT2D eigenvalue weighted by Crippen LogP contribution is 2.25. The van der Waals surface area contributed by atoms with Crippen molar-refractivity contribution in [3.63, 3.8) is 0 Å². The topological polar surface area (TPSA) is 55.2 Å². The van der Waals surface area contributed by atoms with Gasteiger partial charge in [0, 0.05) is 16.7 Å². The zero-order valence-corrected chi connectivity index (χ0v) is 10.2. The fraction of sp³-hybridized carbons (Fsp3) is 0.167. The van der Waals surface area contributed by atoms with Crippen molar-refractivity contribution in [2.45, 2.75) is 6.10 Å². The average Bonchev–Trinajstić information content (AvgIpc) is 2.38. The van der Waals surface area contributed by atoms with Gasteiger partial charge in [-0.25, -0.2) is 4.39 Å². The number of halogens is 2. The lowest BCUT2D eigenvalue weighted by atomic mass is 10.1. The first-order valence-electron chi connectivity index (χ1n) is 5.12. The van der Waals surface area contributed by atoms with Crippen molar-refractivity contribution in [3.05, 3.63) is 52.4 Å². The number of nitrogens with zero attached hydrogens (tertiary/aromatic N) is 2. The van der Waals surface area contributed by atoms with E-state index in [9.17, 15) is 9.50 Å². The molecule has 0 saturated heterocycles. The number of ether oxygens (including phenoxy) is 1. The first-order chi connectivity index (χ1) is 8.61. The lowest BCUT2D eigenvalue weighted by Gasteiger charge is -2.11. The van der Waals surface area contributed by atoms with Gasteiger partial charge in [0.05, 0.1) is 12.8 Å². The summed E-state index contributed by atoms with van der Waals surface area (Å²) in [5, 5.41) is 17.7. The predicted octanol–water partition coefficient (Wildman–Crippen LogP) is 2.36. The third kappa shape index (κ3) is 2.57. The zero-order chi connectivity index (χ0) is 13.1. The van der Waals surface area contributed by atoms with Gasteiger partial charge in [0.1, 0.15) is 11.9 Å². The molecule has 0 aliphatic rings. The summed E-state index contributed by atoms with van der Waals surface area (Å²) < 4.78 is 18.5. The van der Waals surface area contributed by atoms with Gasteiger partial charge in [-0.1, -0.05) is 17.7 Å². The smallest absolute Gasteiger partial charge is 0.233 e. The lowest BCUT2D eigenvalue weighted by molar-refractivity contribution is 0.208. The maximum atomic E-state index is 13.6. The van der Waals surface area contributed by atoms with E-state index in [-0.39, 0.29) is 16.3 Å². The molecule has 1 unspecified atom stereocenters. The first-order valence-corrected chi connectivity index (χ1v) is 5.50. The summed E-state index contributed by atoms with van der Waals surface area (Å²) >= 11 is 5.64. The fourth-order valence-electron chi connectivity index (χ4n) is 1.47. The van der Waals surface area contributed by atoms with E-state index < -0.39 is 11.9 Å². The molecule has 0 saturated carbocycles. The van der Waals surface area contributed by atoms with Crippen molar-refractivity contribution in [3.8, 4) is 5.88 Å². The summed E-state index contributed by atoms with van der Waals surface area (Å²) in [6, 6.07) is 7.11. The molecule has 0 aliphatic heterocycles. The molecule has 1 N–H and O–H groups in total. The molecule has 0 amide bonds. The monoisotopic (exact) mass is 268 g/mol. The molecular weight excluding hydrogens is 259 g/mol. The van der Waals surface area contributed by atoms with Crippen LogP contribution in [0.2, 0.25) is 5.02 Å². The molecule has 0 aliphatic carbocycles. The van der Waals surface area contributed by atoms with Gasteiger partial charge in [0.25, 0.3) is 0 Å². The molecule has 0 bridgehead atoms. The molecule has 2 aromatic rings. The largest absolute Gasteiger partial charge is 0.480 e. The van der Waals surface area contributed by atoms with E-state index in [0.717, 1.165) is 6.07 Å². The summed E-state index contributed by atoms with van der Waals surface area (Å²) in [6.07, 6.45) is -1.19. The van der Waals surface area contributed by atoms with Crippen molar-refractivity contribution in [2.24, 2.45) is 0 Å². The van der Waals surface area contributed by atoms with E-state index in [0.29, 0.717) is 5.88 Å². The lowest BCUT2D eigenvalue weighted by Crippen LogP contribution is -2.06. The molecule has 18 heavy (non-hydrogen) atoms. The SMILES string of the molecule is COc1ccc(C(O)c2ccc(Cl)cc2F)nn1. The van der Waals surface area contributed by atoms with Crippen LogP contribution in [0, 0.1) is 5.82 Å². The van der Waals surface area contributed by atoms with Crippen LogP contribution >= 0.6 is 11.6 Å². The van der Waals surface area contributed by atoms with E-state index in [2.05, 4.69) is 10.2 Å². The van der Waals surface area contributed by atoms with Crippen molar-refractivity contribution in [2.75, 3.05) is 7.11 Å². The fourth-order valence-corrected chi connectivity index (χ4v) is 1.63. The number of benzene rings is 1. The number of methoxy groups -OCH3 is 1. The molecule has 1 aromatic carbocycles. The highest BCUT2D eigenvalue weighted by molar-refractivity contribution is 6.30. The second kappa shape index (κ2) is 5.29. The Kier molecular flexibility index (Phi) is 3.74. The van der Waals surface area contributed by atoms with Crippen LogP contribution in [-0.4, -0.2) is 22.4 Å². The van der Waals surface area contributed by atoms with E-state index in [1.807, 2.05) is 0 Å². The minimum atomic E-state index is -1.19. The van der Waals surface area contributed by atoms with Crippen molar-refractivity contribution >= 4 is 11.6 Å². The number of hydrogen-bond acceptors (Lipinski definition) is 4. The Balaban J connectivity index is 2.31. The Morgan fingerprint density at radius 1 is 1.28 bits per heavy atom. The summed E-state index contributed by atoms with van der Waals surface area (Å²) in [5.74, 6) is -0.268. The van der Waals surface area contributed by atoms with Gasteiger partial charge in [0.15, 0.2) is 0 Å². The Labute approximate surface area is 108 Å². The minimum absolute atomic E-state index is 0.0962. The van der Waals surface area contributed by atoms with Crippen LogP contribution in [0.3, 0.4) is 0 Å². The third-order valence-electron chi connectivity index (χ3n) is 2.41. The van der Waals surface area contributed by atoms with Gasteiger partial charge in [0.2, 0.25) is 5.88 Å². The van der Waals surface area contributed by atoms with Crippen molar-refractivity contribution in [1.29, 1.82) is 0 Å². The summed E-state index contributed by atoms with van der Waals surface area (Å²) in [4.78, 5) is 0. The van der Waals surface area contributed by atoms with Gasteiger partial charge >= 0.3 is 0 Å². The Bertz CT molecular complexity index is 548. The number of hydrogen-bond donors (Lipinski definition) is 1. The maximum absolute atomic E-state index is 13.6. The molecule has 0 radical (unpaired) electrons. The standard InChI is InChI=1S/C12H10ClFN2O2/c1-18-11-5-4-10(15-16-11)12(17)8-3-2-7(13)6-9(8)14/h2-6,12,17H,1H3. The predicted molar refractivity (Wildman–Crippen MR) is 64.1 cm³/mol. The molecule has 0 spiro atoms. The van der Waals surface area contributed by atoms with Crippen LogP contribution in [-0.2, 0) is 0 Å². The maximum Gasteiger partial charge on any atom is 0.233 e. The van der Waals surface area contributed by atoms with Crippen LogP contribution in [0.25, 0.3) is 0 Å². The molecular formula is C12H10ClFN2O2. The molecule has 1 heterocycles. The van der Waals surface area contributed by atoms with E-state index in [1.54, 1.807) is 6.07 Å². The van der Waals surface area contributed by atoms with Gasteiger partial charge in [-0.15, -0.1) is 10.2 Å². The molecule has 0 fully saturated rings. The van der Waals surface area contributed by atoms with E-state index >= 15 is 0 Å². The van der Waals surface area contributed by atoms with Gasteiger partial charge in [-0.2, -0.15) is 0 Å². The number of aliphatic hydroxyl groups excluding tert-OH is 1. The molecule has 6 heteroatoms. The van der Waals surface area contributed by atoms with Gasteiger partial charge in [-0.05, 0) is 18.2 Å². The van der Waals surface area contributed by atoms with Crippen LogP contribution in [0.1, 0.15) is 17.4 Å². The normalized spacial score (nSPS) is 12.2. The molecule has 94 valence electrons. The zero-order valence-electron chi connectivity index (χ0n) is 9.47. The Hall–Kier alpha value is -1.72. The summed E-state index contributed by atoms with van der Waals surface area (Å²) in [6.45, 7) is 0. The molecule has 4 nitrogen and oxygen atoms in total. The number of rotatable bonds is 3. The van der Waals surface area contributed by atoms with Crippen LogP contribution in [0.5, 0.6) is 5.88 Å². The number of aromatic nitrogens is 2. The van der Waals surface area contributed by atoms with Crippen molar-refractivity contribution < 1.29 is 14.2 Å². The first kappa shape index (κ1) is 12.7. The third-order valence-corrected chi connectivity index (χ3v) is 2.64. The molecule has 1 atom stereocenters. The highest BCUT2D eigenvalue weighted by Gasteiger charge is 2.17. The Morgan fingerprint density at radius 2 is 2.06 bits per heavy atom. The van der Waals surface area contributed by atoms with E-state index in [1.165, 1.54) is 25.3 Å². The van der Waals surface area contributed by atoms with Crippen LogP contribution < -0.4 is 4.74 Å². The Morgan fingerprint density at radius 3 is 2.61 bits per heavy atom. The second-order valence-corrected chi connectivity index (χ2v) is 4.01. The summed E-state index contributed by atoms with van der Waals surface area (Å²) in [7, 11) is 1.46. The van der Waals surface area contributed by atoms with Crippen LogP contribution in [0.4, 0.5) is 4.39 Å². The molecule has 2 rings (SSSR count). The van der Waals surface area contributed by atoms with Crippen molar-refractivity contribution in [1.82, 2.24) is 10.2 Å². The quantitative estimate of drug-likeness (QED) is 0.928. The van der Waals surface area contributed by atoms with Gasteiger partial charge < -0.3 is 9.84 Å². The van der Waals surface area contributed by atoms with Crippen LogP contribution in [0.15, 0.2) is 30.3 Å². The number of aliphatic hydroxyl groups is 1.